The van der Waals surface area contributed by atoms with E-state index < -0.39 is 17.9 Å². The molecule has 0 saturated carbocycles. The molecular formula is C9H16N2O4S. The second-order valence-corrected chi connectivity index (χ2v) is 4.18. The SMILES string of the molecule is CSCC(C)NC(=O)NC(=O)CCC(=O)O. The average Bonchev–Trinajstić information content (AvgIpc) is 2.14. The Hall–Kier alpha value is -1.24. The summed E-state index contributed by atoms with van der Waals surface area (Å²) in [5.74, 6) is -0.904. The van der Waals surface area contributed by atoms with Crippen molar-refractivity contribution >= 4 is 29.7 Å². The molecule has 0 saturated heterocycles. The quantitative estimate of drug-likeness (QED) is 0.633. The van der Waals surface area contributed by atoms with Gasteiger partial charge in [-0.05, 0) is 13.2 Å². The number of imide groups is 1. The first-order chi connectivity index (χ1) is 7.45. The topological polar surface area (TPSA) is 95.5 Å². The summed E-state index contributed by atoms with van der Waals surface area (Å²) in [6.07, 6.45) is 1.44. The van der Waals surface area contributed by atoms with E-state index >= 15 is 0 Å². The summed E-state index contributed by atoms with van der Waals surface area (Å²) in [5, 5.41) is 13.0. The maximum atomic E-state index is 11.2. The van der Waals surface area contributed by atoms with E-state index in [1.54, 1.807) is 11.8 Å². The zero-order valence-corrected chi connectivity index (χ0v) is 10.1. The van der Waals surface area contributed by atoms with E-state index in [1.807, 2.05) is 13.2 Å². The van der Waals surface area contributed by atoms with Gasteiger partial charge in [-0.2, -0.15) is 11.8 Å². The summed E-state index contributed by atoms with van der Waals surface area (Å²) in [5.41, 5.74) is 0. The summed E-state index contributed by atoms with van der Waals surface area (Å²) in [7, 11) is 0. The number of urea groups is 1. The Morgan fingerprint density at radius 3 is 2.44 bits per heavy atom. The summed E-state index contributed by atoms with van der Waals surface area (Å²) in [6, 6.07) is -0.626. The lowest BCUT2D eigenvalue weighted by Crippen LogP contribution is -2.44. The molecule has 3 amide bonds. The van der Waals surface area contributed by atoms with Crippen LogP contribution < -0.4 is 10.6 Å². The fourth-order valence-corrected chi connectivity index (χ4v) is 1.54. The van der Waals surface area contributed by atoms with Crippen molar-refractivity contribution < 1.29 is 19.5 Å². The van der Waals surface area contributed by atoms with Crippen molar-refractivity contribution in [3.63, 3.8) is 0 Å². The average molecular weight is 248 g/mol. The lowest BCUT2D eigenvalue weighted by Gasteiger charge is -2.12. The van der Waals surface area contributed by atoms with Crippen LogP contribution in [-0.4, -0.2) is 41.1 Å². The smallest absolute Gasteiger partial charge is 0.321 e. The van der Waals surface area contributed by atoms with Gasteiger partial charge < -0.3 is 10.4 Å². The number of hydrogen-bond donors (Lipinski definition) is 3. The molecule has 3 N–H and O–H groups in total. The van der Waals surface area contributed by atoms with Crippen molar-refractivity contribution in [3.05, 3.63) is 0 Å². The van der Waals surface area contributed by atoms with Gasteiger partial charge in [0.25, 0.3) is 0 Å². The second-order valence-electron chi connectivity index (χ2n) is 3.27. The number of thioether (sulfide) groups is 1. The minimum absolute atomic E-state index is 0.0396. The van der Waals surface area contributed by atoms with E-state index in [0.717, 1.165) is 5.75 Å². The highest BCUT2D eigenvalue weighted by Gasteiger charge is 2.11. The molecule has 0 heterocycles. The molecule has 1 atom stereocenters. The van der Waals surface area contributed by atoms with Crippen LogP contribution in [0.25, 0.3) is 0 Å². The van der Waals surface area contributed by atoms with Gasteiger partial charge in [0, 0.05) is 18.2 Å². The molecule has 0 fully saturated rings. The summed E-state index contributed by atoms with van der Waals surface area (Å²) >= 11 is 1.58. The highest BCUT2D eigenvalue weighted by molar-refractivity contribution is 7.98. The summed E-state index contributed by atoms with van der Waals surface area (Å²) < 4.78 is 0. The number of hydrogen-bond acceptors (Lipinski definition) is 4. The fraction of sp³-hybridized carbons (Fsp3) is 0.667. The van der Waals surface area contributed by atoms with Crippen LogP contribution in [0.3, 0.4) is 0 Å². The molecule has 0 aromatic carbocycles. The molecule has 0 radical (unpaired) electrons. The molecule has 0 spiro atoms. The van der Waals surface area contributed by atoms with Gasteiger partial charge in [-0.1, -0.05) is 0 Å². The van der Waals surface area contributed by atoms with Crippen LogP contribution in [0.5, 0.6) is 0 Å². The van der Waals surface area contributed by atoms with Crippen LogP contribution in [0.1, 0.15) is 19.8 Å². The fourth-order valence-electron chi connectivity index (χ4n) is 0.961. The number of nitrogens with one attached hydrogen (secondary N) is 2. The van der Waals surface area contributed by atoms with Gasteiger partial charge in [0.1, 0.15) is 0 Å². The second kappa shape index (κ2) is 7.98. The molecule has 0 rings (SSSR count). The predicted octanol–water partition coefficient (Wildman–Crippen LogP) is 0.428. The Balaban J connectivity index is 3.78. The first-order valence-corrected chi connectivity index (χ1v) is 6.16. The standard InChI is InChI=1S/C9H16N2O4S/c1-6(5-16-2)10-9(15)11-7(12)3-4-8(13)14/h6H,3-5H2,1-2H3,(H,13,14)(H2,10,11,12,15). The Labute approximate surface area is 98.2 Å². The zero-order valence-electron chi connectivity index (χ0n) is 9.28. The van der Waals surface area contributed by atoms with E-state index in [0.29, 0.717) is 0 Å². The van der Waals surface area contributed by atoms with Gasteiger partial charge in [0.15, 0.2) is 0 Å². The predicted molar refractivity (Wildman–Crippen MR) is 61.4 cm³/mol. The van der Waals surface area contributed by atoms with Crippen LogP contribution in [-0.2, 0) is 9.59 Å². The molecule has 0 aromatic heterocycles. The van der Waals surface area contributed by atoms with Gasteiger partial charge in [-0.25, -0.2) is 4.79 Å². The van der Waals surface area contributed by atoms with Gasteiger partial charge in [0.2, 0.25) is 5.91 Å². The van der Waals surface area contributed by atoms with Crippen molar-refractivity contribution in [1.82, 2.24) is 10.6 Å². The third-order valence-electron chi connectivity index (χ3n) is 1.61. The number of carbonyl (C=O) groups is 3. The molecule has 0 aliphatic rings. The minimum atomic E-state index is -1.06. The van der Waals surface area contributed by atoms with Gasteiger partial charge in [-0.15, -0.1) is 0 Å². The molecule has 0 aliphatic heterocycles. The van der Waals surface area contributed by atoms with Crippen molar-refractivity contribution in [1.29, 1.82) is 0 Å². The van der Waals surface area contributed by atoms with E-state index in [1.165, 1.54) is 0 Å². The monoisotopic (exact) mass is 248 g/mol. The van der Waals surface area contributed by atoms with Crippen LogP contribution in [0.15, 0.2) is 0 Å². The van der Waals surface area contributed by atoms with E-state index in [4.69, 9.17) is 5.11 Å². The number of aliphatic carboxylic acids is 1. The highest BCUT2D eigenvalue weighted by atomic mass is 32.2. The summed E-state index contributed by atoms with van der Waals surface area (Å²) in [4.78, 5) is 32.4. The Kier molecular flexibility index (Phi) is 7.36. The molecule has 0 aromatic rings. The van der Waals surface area contributed by atoms with Crippen molar-refractivity contribution in [2.75, 3.05) is 12.0 Å². The highest BCUT2D eigenvalue weighted by Crippen LogP contribution is 1.95. The molecule has 1 unspecified atom stereocenters. The van der Waals surface area contributed by atoms with Crippen LogP contribution in [0.4, 0.5) is 4.79 Å². The molecule has 6 nitrogen and oxygen atoms in total. The molecule has 16 heavy (non-hydrogen) atoms. The lowest BCUT2D eigenvalue weighted by atomic mass is 10.3. The third-order valence-corrected chi connectivity index (χ3v) is 2.45. The van der Waals surface area contributed by atoms with Gasteiger partial charge in [-0.3, -0.25) is 14.9 Å². The number of carbonyl (C=O) groups excluding carboxylic acids is 2. The van der Waals surface area contributed by atoms with E-state index in [9.17, 15) is 14.4 Å². The maximum Gasteiger partial charge on any atom is 0.321 e. The third kappa shape index (κ3) is 8.10. The van der Waals surface area contributed by atoms with E-state index in [2.05, 4.69) is 10.6 Å². The van der Waals surface area contributed by atoms with Crippen molar-refractivity contribution in [2.45, 2.75) is 25.8 Å². The lowest BCUT2D eigenvalue weighted by molar-refractivity contribution is -0.138. The van der Waals surface area contributed by atoms with Crippen LogP contribution >= 0.6 is 11.8 Å². The molecule has 7 heteroatoms. The number of carboxylic acid groups (broad SMARTS) is 1. The van der Waals surface area contributed by atoms with Gasteiger partial charge >= 0.3 is 12.0 Å². The van der Waals surface area contributed by atoms with E-state index in [-0.39, 0.29) is 18.9 Å². The Morgan fingerprint density at radius 1 is 1.31 bits per heavy atom. The van der Waals surface area contributed by atoms with Gasteiger partial charge in [0.05, 0.1) is 6.42 Å². The van der Waals surface area contributed by atoms with Crippen molar-refractivity contribution in [3.8, 4) is 0 Å². The number of amides is 3. The first kappa shape index (κ1) is 14.8. The maximum absolute atomic E-state index is 11.2. The Bertz CT molecular complexity index is 270. The molecule has 0 bridgehead atoms. The normalized spacial score (nSPS) is 11.6. The first-order valence-electron chi connectivity index (χ1n) is 4.76. The van der Waals surface area contributed by atoms with Crippen LogP contribution in [0, 0.1) is 0 Å². The number of rotatable bonds is 6. The van der Waals surface area contributed by atoms with Crippen molar-refractivity contribution in [2.24, 2.45) is 0 Å². The minimum Gasteiger partial charge on any atom is -0.481 e. The largest absolute Gasteiger partial charge is 0.481 e. The zero-order chi connectivity index (χ0) is 12.6. The summed E-state index contributed by atoms with van der Waals surface area (Å²) in [6.45, 7) is 1.82. The Morgan fingerprint density at radius 2 is 1.94 bits per heavy atom. The molecular weight excluding hydrogens is 232 g/mol. The molecule has 0 aliphatic carbocycles. The number of carboxylic acids is 1. The van der Waals surface area contributed by atoms with Crippen LogP contribution in [0.2, 0.25) is 0 Å². The molecule has 92 valence electrons.